The quantitative estimate of drug-likeness (QED) is 0.652. The summed E-state index contributed by atoms with van der Waals surface area (Å²) < 4.78 is 10.9. The maximum absolute atomic E-state index is 12.1. The molecule has 3 rings (SSSR count). The molecule has 1 N–H and O–H groups in total. The van der Waals surface area contributed by atoms with Crippen molar-refractivity contribution >= 4 is 45.8 Å². The van der Waals surface area contributed by atoms with E-state index in [2.05, 4.69) is 5.32 Å². The van der Waals surface area contributed by atoms with Crippen molar-refractivity contribution in [3.63, 3.8) is 0 Å². The second kappa shape index (κ2) is 7.40. The normalized spacial score (nSPS) is 10.8. The van der Waals surface area contributed by atoms with E-state index in [1.165, 1.54) is 6.07 Å². The summed E-state index contributed by atoms with van der Waals surface area (Å²) in [5.41, 5.74) is 2.03. The second-order valence-corrected chi connectivity index (χ2v) is 6.59. The van der Waals surface area contributed by atoms with E-state index in [1.807, 2.05) is 6.92 Å². The summed E-state index contributed by atoms with van der Waals surface area (Å²) in [6.45, 7) is 3.41. The lowest BCUT2D eigenvalue weighted by atomic mass is 10.1. The molecule has 26 heavy (non-hydrogen) atoms. The van der Waals surface area contributed by atoms with E-state index in [0.717, 1.165) is 10.9 Å². The van der Waals surface area contributed by atoms with Crippen LogP contribution in [0.3, 0.4) is 0 Å². The number of nitrogens with one attached hydrogen (secondary N) is 1. The van der Waals surface area contributed by atoms with Gasteiger partial charge in [0.25, 0.3) is 5.91 Å². The Morgan fingerprint density at radius 3 is 2.62 bits per heavy atom. The third kappa shape index (κ3) is 3.84. The van der Waals surface area contributed by atoms with Gasteiger partial charge >= 0.3 is 5.63 Å². The molecule has 7 heteroatoms. The van der Waals surface area contributed by atoms with Gasteiger partial charge in [-0.15, -0.1) is 0 Å². The van der Waals surface area contributed by atoms with E-state index in [4.69, 9.17) is 32.4 Å². The third-order valence-corrected chi connectivity index (χ3v) is 4.62. The van der Waals surface area contributed by atoms with Crippen LogP contribution in [0, 0.1) is 13.8 Å². The number of halogens is 2. The second-order valence-electron chi connectivity index (χ2n) is 5.78. The van der Waals surface area contributed by atoms with Crippen LogP contribution in [0.2, 0.25) is 10.0 Å². The first-order chi connectivity index (χ1) is 12.3. The SMILES string of the molecule is Cc1cc(=O)oc2c(C)c(OCC(=O)Nc3ccc(Cl)c(Cl)c3)ccc12. The van der Waals surface area contributed by atoms with Crippen LogP contribution in [0.15, 0.2) is 45.6 Å². The molecule has 0 saturated carbocycles. The monoisotopic (exact) mass is 391 g/mol. The standard InChI is InChI=1S/C19H15Cl2NO4/c1-10-7-18(24)26-19-11(2)16(6-4-13(10)19)25-9-17(23)22-12-3-5-14(20)15(21)8-12/h3-8H,9H2,1-2H3,(H,22,23). The predicted octanol–water partition coefficient (Wildman–Crippen LogP) is 4.73. The molecule has 0 unspecified atom stereocenters. The molecular weight excluding hydrogens is 377 g/mol. The number of hydrogen-bond acceptors (Lipinski definition) is 4. The lowest BCUT2D eigenvalue weighted by molar-refractivity contribution is -0.118. The first-order valence-electron chi connectivity index (χ1n) is 7.77. The fourth-order valence-corrected chi connectivity index (χ4v) is 2.87. The molecule has 0 saturated heterocycles. The topological polar surface area (TPSA) is 68.5 Å². The molecule has 0 fully saturated rings. The molecule has 1 amide bonds. The highest BCUT2D eigenvalue weighted by molar-refractivity contribution is 6.42. The fourth-order valence-electron chi connectivity index (χ4n) is 2.57. The van der Waals surface area contributed by atoms with Gasteiger partial charge in [0.1, 0.15) is 11.3 Å². The number of amides is 1. The van der Waals surface area contributed by atoms with Crippen LogP contribution in [0.25, 0.3) is 11.0 Å². The van der Waals surface area contributed by atoms with E-state index in [1.54, 1.807) is 37.3 Å². The van der Waals surface area contributed by atoms with E-state index in [0.29, 0.717) is 32.6 Å². The largest absolute Gasteiger partial charge is 0.483 e. The maximum Gasteiger partial charge on any atom is 0.336 e. The van der Waals surface area contributed by atoms with Crippen LogP contribution in [-0.4, -0.2) is 12.5 Å². The van der Waals surface area contributed by atoms with Gasteiger partial charge in [0.05, 0.1) is 10.0 Å². The molecule has 1 aromatic heterocycles. The lowest BCUT2D eigenvalue weighted by Crippen LogP contribution is -2.20. The van der Waals surface area contributed by atoms with Gasteiger partial charge in [0.2, 0.25) is 0 Å². The molecule has 0 aliphatic carbocycles. The van der Waals surface area contributed by atoms with Gasteiger partial charge in [-0.05, 0) is 49.7 Å². The van der Waals surface area contributed by atoms with Crippen LogP contribution in [0.1, 0.15) is 11.1 Å². The first kappa shape index (κ1) is 18.3. The zero-order valence-electron chi connectivity index (χ0n) is 14.1. The van der Waals surface area contributed by atoms with Crippen LogP contribution in [0.5, 0.6) is 5.75 Å². The van der Waals surface area contributed by atoms with Crippen LogP contribution in [0.4, 0.5) is 5.69 Å². The number of anilines is 1. The Bertz CT molecular complexity index is 1060. The Hall–Kier alpha value is -2.50. The molecule has 0 aliphatic rings. The minimum Gasteiger partial charge on any atom is -0.483 e. The highest BCUT2D eigenvalue weighted by Gasteiger charge is 2.12. The summed E-state index contributed by atoms with van der Waals surface area (Å²) in [4.78, 5) is 23.7. The van der Waals surface area contributed by atoms with Gasteiger partial charge < -0.3 is 14.5 Å². The summed E-state index contributed by atoms with van der Waals surface area (Å²) >= 11 is 11.8. The number of benzene rings is 2. The molecule has 1 heterocycles. The number of carbonyl (C=O) groups is 1. The Balaban J connectivity index is 1.75. The number of aryl methyl sites for hydroxylation is 2. The number of rotatable bonds is 4. The molecule has 0 aliphatic heterocycles. The molecular formula is C19H15Cl2NO4. The van der Waals surface area contributed by atoms with Gasteiger partial charge in [-0.25, -0.2) is 4.79 Å². The van der Waals surface area contributed by atoms with Gasteiger partial charge in [-0.2, -0.15) is 0 Å². The molecule has 0 atom stereocenters. The van der Waals surface area contributed by atoms with Crippen LogP contribution >= 0.6 is 23.2 Å². The maximum atomic E-state index is 12.1. The molecule has 3 aromatic rings. The molecule has 0 radical (unpaired) electrons. The van der Waals surface area contributed by atoms with Crippen molar-refractivity contribution in [2.75, 3.05) is 11.9 Å². The van der Waals surface area contributed by atoms with E-state index in [9.17, 15) is 9.59 Å². The number of carbonyl (C=O) groups excluding carboxylic acids is 1. The third-order valence-electron chi connectivity index (χ3n) is 3.88. The van der Waals surface area contributed by atoms with Crippen molar-refractivity contribution in [1.29, 1.82) is 0 Å². The van der Waals surface area contributed by atoms with Gasteiger partial charge in [0, 0.05) is 22.7 Å². The Morgan fingerprint density at radius 2 is 1.88 bits per heavy atom. The van der Waals surface area contributed by atoms with Crippen LogP contribution in [-0.2, 0) is 4.79 Å². The van der Waals surface area contributed by atoms with Crippen LogP contribution < -0.4 is 15.7 Å². The molecule has 0 spiro atoms. The molecule has 2 aromatic carbocycles. The van der Waals surface area contributed by atoms with Gasteiger partial charge in [-0.3, -0.25) is 4.79 Å². The highest BCUT2D eigenvalue weighted by Crippen LogP contribution is 2.28. The van der Waals surface area contributed by atoms with Crippen molar-refractivity contribution in [3.05, 3.63) is 68.0 Å². The average Bonchev–Trinajstić information content (AvgIpc) is 2.58. The summed E-state index contributed by atoms with van der Waals surface area (Å²) in [7, 11) is 0. The van der Waals surface area contributed by atoms with Crippen molar-refractivity contribution in [2.24, 2.45) is 0 Å². The first-order valence-corrected chi connectivity index (χ1v) is 8.52. The van der Waals surface area contributed by atoms with E-state index < -0.39 is 5.63 Å². The van der Waals surface area contributed by atoms with Crippen molar-refractivity contribution in [2.45, 2.75) is 13.8 Å². The van der Waals surface area contributed by atoms with E-state index >= 15 is 0 Å². The Morgan fingerprint density at radius 1 is 1.12 bits per heavy atom. The highest BCUT2D eigenvalue weighted by atomic mass is 35.5. The summed E-state index contributed by atoms with van der Waals surface area (Å²) in [5, 5.41) is 4.26. The number of ether oxygens (including phenoxy) is 1. The van der Waals surface area contributed by atoms with Crippen molar-refractivity contribution in [1.82, 2.24) is 0 Å². The smallest absolute Gasteiger partial charge is 0.336 e. The zero-order valence-corrected chi connectivity index (χ0v) is 15.6. The predicted molar refractivity (Wildman–Crippen MR) is 103 cm³/mol. The van der Waals surface area contributed by atoms with E-state index in [-0.39, 0.29) is 12.5 Å². The Kier molecular flexibility index (Phi) is 5.20. The molecule has 0 bridgehead atoms. The van der Waals surface area contributed by atoms with Crippen molar-refractivity contribution < 1.29 is 13.9 Å². The van der Waals surface area contributed by atoms with Gasteiger partial charge in [-0.1, -0.05) is 23.2 Å². The average molecular weight is 392 g/mol. The Labute approximate surface area is 159 Å². The zero-order chi connectivity index (χ0) is 18.8. The molecule has 5 nitrogen and oxygen atoms in total. The number of fused-ring (bicyclic) bond motifs is 1. The summed E-state index contributed by atoms with van der Waals surface area (Å²) in [5.74, 6) is 0.115. The minimum absolute atomic E-state index is 0.206. The summed E-state index contributed by atoms with van der Waals surface area (Å²) in [6.07, 6.45) is 0. The van der Waals surface area contributed by atoms with Gasteiger partial charge in [0.15, 0.2) is 6.61 Å². The van der Waals surface area contributed by atoms with Crippen molar-refractivity contribution in [3.8, 4) is 5.75 Å². The fraction of sp³-hybridized carbons (Fsp3) is 0.158. The molecule has 134 valence electrons. The number of hydrogen-bond donors (Lipinski definition) is 1. The lowest BCUT2D eigenvalue weighted by Gasteiger charge is -2.12. The minimum atomic E-state index is -0.424. The summed E-state index contributed by atoms with van der Waals surface area (Å²) in [6, 6.07) is 9.78.